The van der Waals surface area contributed by atoms with Crippen molar-refractivity contribution in [1.29, 1.82) is 0 Å². The molecule has 0 saturated carbocycles. The maximum atomic E-state index is 12.7. The molecule has 11 nitrogen and oxygen atoms in total. The first-order chi connectivity index (χ1) is 16.4. The third kappa shape index (κ3) is 6.10. The smallest absolute Gasteiger partial charge is 0.259 e. The second-order valence-electron chi connectivity index (χ2n) is 7.10. The second kappa shape index (κ2) is 11.6. The number of benzene rings is 2. The third-order valence-electron chi connectivity index (χ3n) is 4.96. The number of amides is 2. The number of rotatable bonds is 9. The van der Waals surface area contributed by atoms with Gasteiger partial charge >= 0.3 is 0 Å². The minimum atomic E-state index is -3.65. The minimum Gasteiger partial charge on any atom is -0.493 e. The SMILES string of the molecule is COc1cccc(C=NNC(=O)CNC(=O)c2ccc(S(=O)(=O)N3CCOCC3)cc2)c1OC. The van der Waals surface area contributed by atoms with Crippen molar-refractivity contribution >= 4 is 28.1 Å². The standard InChI is InChI=1S/C22H26N4O7S/c1-31-19-5-3-4-17(21(19)32-2)14-24-25-20(27)15-23-22(28)16-6-8-18(9-7-16)34(29,30)26-10-12-33-13-11-26/h3-9,14H,10-13,15H2,1-2H3,(H,23,28)(H,25,27). The number of methoxy groups -OCH3 is 2. The van der Waals surface area contributed by atoms with Crippen molar-refractivity contribution in [3.63, 3.8) is 0 Å². The van der Waals surface area contributed by atoms with Crippen LogP contribution in [-0.4, -0.2) is 77.8 Å². The Kier molecular flexibility index (Phi) is 8.57. The van der Waals surface area contributed by atoms with Crippen LogP contribution in [0.5, 0.6) is 11.5 Å². The van der Waals surface area contributed by atoms with Gasteiger partial charge in [-0.25, -0.2) is 13.8 Å². The molecule has 0 unspecified atom stereocenters. The van der Waals surface area contributed by atoms with E-state index in [0.717, 1.165) is 0 Å². The van der Waals surface area contributed by atoms with Crippen LogP contribution in [0.15, 0.2) is 52.5 Å². The minimum absolute atomic E-state index is 0.0889. The molecule has 2 N–H and O–H groups in total. The van der Waals surface area contributed by atoms with E-state index >= 15 is 0 Å². The molecule has 1 aliphatic heterocycles. The van der Waals surface area contributed by atoms with Gasteiger partial charge in [-0.15, -0.1) is 0 Å². The second-order valence-corrected chi connectivity index (χ2v) is 9.04. The number of hydrogen-bond donors (Lipinski definition) is 2. The summed E-state index contributed by atoms with van der Waals surface area (Å²) in [5.41, 5.74) is 3.13. The maximum absolute atomic E-state index is 12.7. The van der Waals surface area contributed by atoms with Gasteiger partial charge in [0.05, 0.1) is 45.1 Å². The highest BCUT2D eigenvalue weighted by molar-refractivity contribution is 7.89. The highest BCUT2D eigenvalue weighted by Gasteiger charge is 2.26. The van der Waals surface area contributed by atoms with Gasteiger partial charge in [0.15, 0.2) is 11.5 Å². The number of ether oxygens (including phenoxy) is 3. The molecule has 0 atom stereocenters. The number of hydrogen-bond acceptors (Lipinski definition) is 8. The van der Waals surface area contributed by atoms with Crippen molar-refractivity contribution in [3.05, 3.63) is 53.6 Å². The molecule has 1 fully saturated rings. The van der Waals surface area contributed by atoms with Crippen LogP contribution in [0.4, 0.5) is 0 Å². The van der Waals surface area contributed by atoms with Crippen molar-refractivity contribution in [3.8, 4) is 11.5 Å². The number of para-hydroxylation sites is 1. The predicted octanol–water partition coefficient (Wildman–Crippen LogP) is 0.605. The Morgan fingerprint density at radius 1 is 1.09 bits per heavy atom. The number of carbonyl (C=O) groups excluding carboxylic acids is 2. The largest absolute Gasteiger partial charge is 0.493 e. The first kappa shape index (κ1) is 25.1. The molecule has 1 aliphatic rings. The van der Waals surface area contributed by atoms with E-state index in [2.05, 4.69) is 15.8 Å². The summed E-state index contributed by atoms with van der Waals surface area (Å²) in [6.45, 7) is 0.941. The van der Waals surface area contributed by atoms with Crippen molar-refractivity contribution in [2.75, 3.05) is 47.1 Å². The lowest BCUT2D eigenvalue weighted by Crippen LogP contribution is -2.40. The van der Waals surface area contributed by atoms with Crippen LogP contribution in [0, 0.1) is 0 Å². The molecule has 0 bridgehead atoms. The lowest BCUT2D eigenvalue weighted by molar-refractivity contribution is -0.120. The monoisotopic (exact) mass is 490 g/mol. The van der Waals surface area contributed by atoms with E-state index in [1.54, 1.807) is 18.2 Å². The molecule has 2 amide bonds. The Balaban J connectivity index is 1.52. The topological polar surface area (TPSA) is 136 Å². The van der Waals surface area contributed by atoms with E-state index in [0.29, 0.717) is 30.3 Å². The zero-order valence-electron chi connectivity index (χ0n) is 18.8. The summed E-state index contributed by atoms with van der Waals surface area (Å²) < 4.78 is 42.3. The van der Waals surface area contributed by atoms with Crippen LogP contribution in [0.2, 0.25) is 0 Å². The van der Waals surface area contributed by atoms with E-state index in [9.17, 15) is 18.0 Å². The zero-order chi connectivity index (χ0) is 24.6. The summed E-state index contributed by atoms with van der Waals surface area (Å²) in [5, 5.41) is 6.33. The highest BCUT2D eigenvalue weighted by atomic mass is 32.2. The lowest BCUT2D eigenvalue weighted by Gasteiger charge is -2.26. The number of carbonyl (C=O) groups is 2. The van der Waals surface area contributed by atoms with Gasteiger partial charge in [-0.1, -0.05) is 6.07 Å². The van der Waals surface area contributed by atoms with E-state index in [-0.39, 0.29) is 30.1 Å². The Bertz CT molecular complexity index is 1140. The lowest BCUT2D eigenvalue weighted by atomic mass is 10.2. The van der Waals surface area contributed by atoms with Crippen LogP contribution in [-0.2, 0) is 19.6 Å². The molecule has 0 radical (unpaired) electrons. The first-order valence-electron chi connectivity index (χ1n) is 10.4. The fraction of sp³-hybridized carbons (Fsp3) is 0.318. The van der Waals surface area contributed by atoms with Gasteiger partial charge in [0.2, 0.25) is 10.0 Å². The number of nitrogens with zero attached hydrogens (tertiary/aromatic N) is 2. The molecular formula is C22H26N4O7S. The molecule has 3 rings (SSSR count). The normalized spacial score (nSPS) is 14.5. The van der Waals surface area contributed by atoms with E-state index in [1.165, 1.54) is 49.0 Å². The van der Waals surface area contributed by atoms with Gasteiger partial charge in [-0.05, 0) is 36.4 Å². The summed E-state index contributed by atoms with van der Waals surface area (Å²) in [6, 6.07) is 10.7. The molecule has 1 heterocycles. The van der Waals surface area contributed by atoms with Crippen molar-refractivity contribution in [2.24, 2.45) is 5.10 Å². The third-order valence-corrected chi connectivity index (χ3v) is 6.87. The predicted molar refractivity (Wildman–Crippen MR) is 124 cm³/mol. The molecule has 182 valence electrons. The molecule has 0 aliphatic carbocycles. The van der Waals surface area contributed by atoms with Gasteiger partial charge in [-0.3, -0.25) is 9.59 Å². The van der Waals surface area contributed by atoms with Crippen LogP contribution >= 0.6 is 0 Å². The summed E-state index contributed by atoms with van der Waals surface area (Å²) in [5.74, 6) is -0.0777. The Hall–Kier alpha value is -3.48. The molecule has 12 heteroatoms. The molecule has 0 spiro atoms. The molecule has 2 aromatic rings. The zero-order valence-corrected chi connectivity index (χ0v) is 19.6. The van der Waals surface area contributed by atoms with E-state index in [1.807, 2.05) is 0 Å². The molecular weight excluding hydrogens is 464 g/mol. The Morgan fingerprint density at radius 3 is 2.44 bits per heavy atom. The maximum Gasteiger partial charge on any atom is 0.259 e. The fourth-order valence-corrected chi connectivity index (χ4v) is 4.61. The first-order valence-corrected chi connectivity index (χ1v) is 11.8. The highest BCUT2D eigenvalue weighted by Crippen LogP contribution is 2.29. The van der Waals surface area contributed by atoms with Crippen molar-refractivity contribution < 1.29 is 32.2 Å². The number of morpholine rings is 1. The van der Waals surface area contributed by atoms with Crippen molar-refractivity contribution in [2.45, 2.75) is 4.90 Å². The Morgan fingerprint density at radius 2 is 1.79 bits per heavy atom. The van der Waals surface area contributed by atoms with Crippen LogP contribution in [0.3, 0.4) is 0 Å². The fourth-order valence-electron chi connectivity index (χ4n) is 3.20. The van der Waals surface area contributed by atoms with E-state index < -0.39 is 21.8 Å². The number of nitrogens with one attached hydrogen (secondary N) is 2. The van der Waals surface area contributed by atoms with Gasteiger partial charge in [0, 0.05) is 24.2 Å². The van der Waals surface area contributed by atoms with Crippen LogP contribution in [0.25, 0.3) is 0 Å². The van der Waals surface area contributed by atoms with E-state index in [4.69, 9.17) is 14.2 Å². The molecule has 1 saturated heterocycles. The summed E-state index contributed by atoms with van der Waals surface area (Å²) >= 11 is 0. The number of hydrazone groups is 1. The average Bonchev–Trinajstić information content (AvgIpc) is 2.87. The molecule has 2 aromatic carbocycles. The Labute approximate surface area is 197 Å². The number of sulfonamides is 1. The molecule has 34 heavy (non-hydrogen) atoms. The van der Waals surface area contributed by atoms with Gasteiger partial charge < -0.3 is 19.5 Å². The molecule has 0 aromatic heterocycles. The summed E-state index contributed by atoms with van der Waals surface area (Å²) in [7, 11) is -0.641. The van der Waals surface area contributed by atoms with Gasteiger partial charge in [0.25, 0.3) is 11.8 Å². The summed E-state index contributed by atoms with van der Waals surface area (Å²) in [4.78, 5) is 24.4. The summed E-state index contributed by atoms with van der Waals surface area (Å²) in [6.07, 6.45) is 1.40. The quantitative estimate of drug-likeness (QED) is 0.388. The van der Waals surface area contributed by atoms with Gasteiger partial charge in [0.1, 0.15) is 0 Å². The van der Waals surface area contributed by atoms with Crippen LogP contribution < -0.4 is 20.2 Å². The van der Waals surface area contributed by atoms with Crippen molar-refractivity contribution in [1.82, 2.24) is 15.0 Å². The average molecular weight is 491 g/mol. The van der Waals surface area contributed by atoms with Gasteiger partial charge in [-0.2, -0.15) is 9.41 Å². The van der Waals surface area contributed by atoms with Crippen LogP contribution in [0.1, 0.15) is 15.9 Å².